The van der Waals surface area contributed by atoms with Crippen LogP contribution >= 0.6 is 11.8 Å². The van der Waals surface area contributed by atoms with Crippen LogP contribution in [-0.2, 0) is 16.1 Å². The Labute approximate surface area is 163 Å². The minimum atomic E-state index is -0.138. The summed E-state index contributed by atoms with van der Waals surface area (Å²) in [5.41, 5.74) is 4.67. The predicted octanol–water partition coefficient (Wildman–Crippen LogP) is 4.50. The molecule has 2 aromatic heterocycles. The van der Waals surface area contributed by atoms with Gasteiger partial charge in [-0.05, 0) is 57.9 Å². The number of carbonyl (C=O) groups is 1. The van der Waals surface area contributed by atoms with E-state index in [9.17, 15) is 4.79 Å². The van der Waals surface area contributed by atoms with Gasteiger partial charge in [0.05, 0.1) is 6.61 Å². The van der Waals surface area contributed by atoms with Crippen LogP contribution in [0.4, 0.5) is 0 Å². The largest absolute Gasteiger partial charge is 0.466 e. The number of nitrogens with zero attached hydrogens (tertiary/aromatic N) is 3. The maximum Gasteiger partial charge on any atom is 0.305 e. The molecule has 0 radical (unpaired) electrons. The zero-order valence-corrected chi connectivity index (χ0v) is 17.2. The van der Waals surface area contributed by atoms with Crippen molar-refractivity contribution in [1.29, 1.82) is 0 Å². The summed E-state index contributed by atoms with van der Waals surface area (Å²) in [5, 5.41) is 10.9. The number of thioether (sulfide) groups is 1. The van der Waals surface area contributed by atoms with Gasteiger partial charge in [-0.2, -0.15) is 0 Å². The average Bonchev–Trinajstić information content (AvgIpc) is 3.19. The summed E-state index contributed by atoms with van der Waals surface area (Å²) in [7, 11) is 0. The van der Waals surface area contributed by atoms with Crippen LogP contribution < -0.4 is 0 Å². The number of H-pyrrole nitrogens is 1. The van der Waals surface area contributed by atoms with Crippen molar-refractivity contribution in [3.05, 3.63) is 29.5 Å². The zero-order chi connectivity index (χ0) is 19.4. The molecule has 144 valence electrons. The third kappa shape index (κ3) is 4.18. The lowest BCUT2D eigenvalue weighted by atomic mass is 10.1. The number of hydrogen-bond donors (Lipinski definition) is 1. The minimum absolute atomic E-state index is 0.138. The van der Waals surface area contributed by atoms with Gasteiger partial charge in [-0.1, -0.05) is 11.8 Å². The van der Waals surface area contributed by atoms with Gasteiger partial charge in [0.2, 0.25) is 0 Å². The second kappa shape index (κ2) is 8.61. The average molecular weight is 387 g/mol. The predicted molar refractivity (Wildman–Crippen MR) is 109 cm³/mol. The molecule has 0 spiro atoms. The van der Waals surface area contributed by atoms with Crippen molar-refractivity contribution in [2.24, 2.45) is 0 Å². The first kappa shape index (κ1) is 19.5. The highest BCUT2D eigenvalue weighted by Crippen LogP contribution is 2.29. The Morgan fingerprint density at radius 1 is 1.26 bits per heavy atom. The number of benzene rings is 1. The fourth-order valence-corrected chi connectivity index (χ4v) is 4.05. The van der Waals surface area contributed by atoms with Crippen LogP contribution in [0.2, 0.25) is 0 Å². The SMILES string of the molecule is CCOC(=O)CCCSc1nnc(-c2ccc3[nH]c(C)c(C)c3c2)n1CC. The lowest BCUT2D eigenvalue weighted by Gasteiger charge is -2.08. The van der Waals surface area contributed by atoms with Crippen LogP contribution in [0.1, 0.15) is 37.9 Å². The van der Waals surface area contributed by atoms with Crippen molar-refractivity contribution in [2.45, 2.75) is 52.2 Å². The zero-order valence-electron chi connectivity index (χ0n) is 16.3. The van der Waals surface area contributed by atoms with E-state index in [1.165, 1.54) is 16.6 Å². The normalized spacial score (nSPS) is 11.3. The van der Waals surface area contributed by atoms with Crippen LogP contribution in [0.5, 0.6) is 0 Å². The number of nitrogens with one attached hydrogen (secondary N) is 1. The van der Waals surface area contributed by atoms with E-state index >= 15 is 0 Å². The van der Waals surface area contributed by atoms with E-state index in [0.717, 1.165) is 40.8 Å². The summed E-state index contributed by atoms with van der Waals surface area (Å²) in [6.45, 7) is 9.38. The molecule has 2 heterocycles. The van der Waals surface area contributed by atoms with Crippen molar-refractivity contribution >= 4 is 28.6 Å². The van der Waals surface area contributed by atoms with Gasteiger partial charge in [-0.15, -0.1) is 10.2 Å². The van der Waals surface area contributed by atoms with Gasteiger partial charge in [-0.25, -0.2) is 0 Å². The molecule has 0 aliphatic carbocycles. The Hall–Kier alpha value is -2.28. The number of carbonyl (C=O) groups excluding carboxylic acids is 1. The molecular weight excluding hydrogens is 360 g/mol. The number of esters is 1. The number of aromatic amines is 1. The highest BCUT2D eigenvalue weighted by molar-refractivity contribution is 7.99. The number of rotatable bonds is 8. The molecule has 3 rings (SSSR count). The lowest BCUT2D eigenvalue weighted by molar-refractivity contribution is -0.143. The third-order valence-electron chi connectivity index (χ3n) is 4.66. The minimum Gasteiger partial charge on any atom is -0.466 e. The number of aryl methyl sites for hydroxylation is 2. The van der Waals surface area contributed by atoms with E-state index in [-0.39, 0.29) is 5.97 Å². The third-order valence-corrected chi connectivity index (χ3v) is 5.71. The second-order valence-corrected chi connectivity index (χ2v) is 7.50. The fraction of sp³-hybridized carbons (Fsp3) is 0.450. The summed E-state index contributed by atoms with van der Waals surface area (Å²) in [6.07, 6.45) is 1.21. The standard InChI is InChI=1S/C20H26N4O2S/c1-5-24-19(15-9-10-17-16(12-15)13(3)14(4)21-17)22-23-20(24)27-11-7-8-18(25)26-6-2/h9-10,12,21H,5-8,11H2,1-4H3. The maximum absolute atomic E-state index is 11.4. The smallest absolute Gasteiger partial charge is 0.305 e. The molecule has 27 heavy (non-hydrogen) atoms. The number of hydrogen-bond acceptors (Lipinski definition) is 5. The molecule has 1 N–H and O–H groups in total. The Kier molecular flexibility index (Phi) is 6.21. The van der Waals surface area contributed by atoms with Crippen LogP contribution in [0.3, 0.4) is 0 Å². The molecule has 0 aliphatic heterocycles. The molecule has 0 unspecified atom stereocenters. The van der Waals surface area contributed by atoms with Crippen LogP contribution in [0.25, 0.3) is 22.3 Å². The molecular formula is C20H26N4O2S. The van der Waals surface area contributed by atoms with Crippen molar-refractivity contribution in [3.8, 4) is 11.4 Å². The van der Waals surface area contributed by atoms with Gasteiger partial charge in [0.1, 0.15) is 0 Å². The van der Waals surface area contributed by atoms with E-state index in [1.807, 2.05) is 6.92 Å². The molecule has 0 fully saturated rings. The molecule has 7 heteroatoms. The van der Waals surface area contributed by atoms with E-state index in [4.69, 9.17) is 4.74 Å². The molecule has 0 atom stereocenters. The molecule has 0 bridgehead atoms. The number of aromatic nitrogens is 4. The van der Waals surface area contributed by atoms with Crippen molar-refractivity contribution in [3.63, 3.8) is 0 Å². The summed E-state index contributed by atoms with van der Waals surface area (Å²) in [5.74, 6) is 1.55. The van der Waals surface area contributed by atoms with E-state index in [1.54, 1.807) is 11.8 Å². The Balaban J connectivity index is 1.76. The Bertz CT molecular complexity index is 945. The van der Waals surface area contributed by atoms with Crippen molar-refractivity contribution < 1.29 is 9.53 Å². The molecule has 6 nitrogen and oxygen atoms in total. The first-order chi connectivity index (χ1) is 13.0. The van der Waals surface area contributed by atoms with E-state index < -0.39 is 0 Å². The number of ether oxygens (including phenoxy) is 1. The second-order valence-electron chi connectivity index (χ2n) is 6.44. The van der Waals surface area contributed by atoms with E-state index in [0.29, 0.717) is 13.0 Å². The summed E-state index contributed by atoms with van der Waals surface area (Å²) < 4.78 is 7.09. The fourth-order valence-electron chi connectivity index (χ4n) is 3.11. The summed E-state index contributed by atoms with van der Waals surface area (Å²) in [6, 6.07) is 6.37. The molecule has 0 amide bonds. The van der Waals surface area contributed by atoms with Gasteiger partial charge < -0.3 is 14.3 Å². The molecule has 3 aromatic rings. The highest BCUT2D eigenvalue weighted by Gasteiger charge is 2.15. The van der Waals surface area contributed by atoms with Crippen LogP contribution in [-0.4, -0.2) is 38.1 Å². The van der Waals surface area contributed by atoms with Gasteiger partial charge in [-0.3, -0.25) is 4.79 Å². The van der Waals surface area contributed by atoms with Crippen molar-refractivity contribution in [1.82, 2.24) is 19.7 Å². The molecule has 0 saturated heterocycles. The first-order valence-corrected chi connectivity index (χ1v) is 10.3. The number of fused-ring (bicyclic) bond motifs is 1. The van der Waals surface area contributed by atoms with Crippen molar-refractivity contribution in [2.75, 3.05) is 12.4 Å². The topological polar surface area (TPSA) is 72.8 Å². The van der Waals surface area contributed by atoms with Gasteiger partial charge >= 0.3 is 5.97 Å². The molecule has 1 aromatic carbocycles. The highest BCUT2D eigenvalue weighted by atomic mass is 32.2. The van der Waals surface area contributed by atoms with Crippen LogP contribution in [0, 0.1) is 13.8 Å². The van der Waals surface area contributed by atoms with Gasteiger partial charge in [0, 0.05) is 40.9 Å². The lowest BCUT2D eigenvalue weighted by Crippen LogP contribution is -2.04. The first-order valence-electron chi connectivity index (χ1n) is 9.36. The summed E-state index contributed by atoms with van der Waals surface area (Å²) in [4.78, 5) is 14.8. The van der Waals surface area contributed by atoms with Gasteiger partial charge in [0.15, 0.2) is 11.0 Å². The maximum atomic E-state index is 11.4. The monoisotopic (exact) mass is 386 g/mol. The Morgan fingerprint density at radius 2 is 2.07 bits per heavy atom. The van der Waals surface area contributed by atoms with Crippen LogP contribution in [0.15, 0.2) is 23.4 Å². The van der Waals surface area contributed by atoms with Gasteiger partial charge in [0.25, 0.3) is 0 Å². The quantitative estimate of drug-likeness (QED) is 0.351. The van der Waals surface area contributed by atoms with E-state index in [2.05, 4.69) is 58.7 Å². The molecule has 0 saturated carbocycles. The molecule has 0 aliphatic rings. The Morgan fingerprint density at radius 3 is 2.81 bits per heavy atom. The summed E-state index contributed by atoms with van der Waals surface area (Å²) >= 11 is 1.63.